The molecule has 0 aliphatic heterocycles. The molecule has 0 bridgehead atoms. The number of nitrogens with one attached hydrogen (secondary N) is 1. The Morgan fingerprint density at radius 2 is 1.95 bits per heavy atom. The first-order valence-electron chi connectivity index (χ1n) is 7.79. The van der Waals surface area contributed by atoms with Crippen LogP contribution in [0.5, 0.6) is 0 Å². The first-order chi connectivity index (χ1) is 10.3. The molecule has 1 aliphatic rings. The van der Waals surface area contributed by atoms with E-state index in [1.54, 1.807) is 0 Å². The highest BCUT2D eigenvalue weighted by Gasteiger charge is 2.39. The fourth-order valence-electron chi connectivity index (χ4n) is 3.06. The summed E-state index contributed by atoms with van der Waals surface area (Å²) in [6.07, 6.45) is 2.27. The Bertz CT molecular complexity index is 539. The second-order valence-corrected chi connectivity index (χ2v) is 6.48. The van der Waals surface area contributed by atoms with Gasteiger partial charge in [-0.05, 0) is 24.8 Å². The summed E-state index contributed by atoms with van der Waals surface area (Å²) in [7, 11) is 0. The molecule has 0 spiro atoms. The Labute approximate surface area is 129 Å². The van der Waals surface area contributed by atoms with Crippen LogP contribution in [0, 0.1) is 17.6 Å². The molecule has 0 heterocycles. The smallest absolute Gasteiger partial charge is 0.223 e. The number of carbonyl (C=O) groups excluding carboxylic acids is 1. The number of hydrogen-bond donors (Lipinski definition) is 2. The molecule has 5 heteroatoms. The van der Waals surface area contributed by atoms with E-state index in [1.807, 2.05) is 13.8 Å². The third kappa shape index (κ3) is 3.64. The lowest BCUT2D eigenvalue weighted by atomic mass is 9.87. The first-order valence-corrected chi connectivity index (χ1v) is 7.79. The summed E-state index contributed by atoms with van der Waals surface area (Å²) in [6, 6.07) is 3.48. The maximum absolute atomic E-state index is 14.1. The van der Waals surface area contributed by atoms with Crippen molar-refractivity contribution in [2.45, 2.75) is 57.6 Å². The number of carbonyl (C=O) groups is 1. The lowest BCUT2D eigenvalue weighted by Crippen LogP contribution is -2.45. The molecule has 1 fully saturated rings. The van der Waals surface area contributed by atoms with Gasteiger partial charge in [-0.25, -0.2) is 8.78 Å². The van der Waals surface area contributed by atoms with Crippen LogP contribution < -0.4 is 5.32 Å². The molecule has 2 rings (SSSR count). The number of aliphatic hydroxyl groups excluding tert-OH is 1. The summed E-state index contributed by atoms with van der Waals surface area (Å²) in [6.45, 7) is 3.67. The van der Waals surface area contributed by atoms with E-state index in [9.17, 15) is 18.7 Å². The Balaban J connectivity index is 2.20. The Morgan fingerprint density at radius 3 is 2.50 bits per heavy atom. The molecule has 1 aliphatic carbocycles. The van der Waals surface area contributed by atoms with E-state index in [1.165, 1.54) is 12.1 Å². The zero-order valence-electron chi connectivity index (χ0n) is 13.0. The van der Waals surface area contributed by atoms with Crippen LogP contribution in [0.3, 0.4) is 0 Å². The fourth-order valence-corrected chi connectivity index (χ4v) is 3.06. The number of hydrogen-bond acceptors (Lipinski definition) is 2. The lowest BCUT2D eigenvalue weighted by Gasteiger charge is -2.32. The molecule has 1 unspecified atom stereocenters. The van der Waals surface area contributed by atoms with Gasteiger partial charge in [0.1, 0.15) is 11.6 Å². The van der Waals surface area contributed by atoms with Crippen LogP contribution in [0.25, 0.3) is 0 Å². The van der Waals surface area contributed by atoms with E-state index < -0.39 is 23.3 Å². The normalized spacial score (nSPS) is 18.5. The van der Waals surface area contributed by atoms with Gasteiger partial charge in [-0.1, -0.05) is 32.8 Å². The van der Waals surface area contributed by atoms with E-state index in [-0.39, 0.29) is 18.2 Å². The van der Waals surface area contributed by atoms with Gasteiger partial charge < -0.3 is 10.4 Å². The quantitative estimate of drug-likeness (QED) is 0.877. The standard InChI is InChI=1S/C17H23F2NO2/c1-11(2)15(21)10-16(22)20-17(7-3-4-8-17)13-6-5-12(18)9-14(13)19/h5-6,9,11,15,21H,3-4,7-8,10H2,1-2H3,(H,20,22). The minimum atomic E-state index is -0.786. The van der Waals surface area contributed by atoms with Crippen LogP contribution in [-0.4, -0.2) is 17.1 Å². The molecule has 0 radical (unpaired) electrons. The maximum Gasteiger partial charge on any atom is 0.223 e. The summed E-state index contributed by atoms with van der Waals surface area (Å²) in [5.41, 5.74) is -0.454. The summed E-state index contributed by atoms with van der Waals surface area (Å²) in [5, 5.41) is 12.7. The number of benzene rings is 1. The van der Waals surface area contributed by atoms with Gasteiger partial charge in [0.05, 0.1) is 18.1 Å². The van der Waals surface area contributed by atoms with Gasteiger partial charge in [0.2, 0.25) is 5.91 Å². The van der Waals surface area contributed by atoms with Crippen molar-refractivity contribution in [2.75, 3.05) is 0 Å². The Morgan fingerprint density at radius 1 is 1.32 bits per heavy atom. The lowest BCUT2D eigenvalue weighted by molar-refractivity contribution is -0.125. The third-order valence-corrected chi connectivity index (χ3v) is 4.45. The average molecular weight is 311 g/mol. The molecular formula is C17H23F2NO2. The summed E-state index contributed by atoms with van der Waals surface area (Å²) >= 11 is 0. The van der Waals surface area contributed by atoms with Crippen LogP contribution >= 0.6 is 0 Å². The van der Waals surface area contributed by atoms with Crippen molar-refractivity contribution in [3.8, 4) is 0 Å². The predicted octanol–water partition coefficient (Wildman–Crippen LogP) is 3.26. The molecule has 122 valence electrons. The largest absolute Gasteiger partial charge is 0.392 e. The highest BCUT2D eigenvalue weighted by Crippen LogP contribution is 2.40. The van der Waals surface area contributed by atoms with E-state index in [2.05, 4.69) is 5.32 Å². The summed E-state index contributed by atoms with van der Waals surface area (Å²) in [5.74, 6) is -1.58. The van der Waals surface area contributed by atoms with Gasteiger partial charge >= 0.3 is 0 Å². The van der Waals surface area contributed by atoms with Crippen LogP contribution in [0.4, 0.5) is 8.78 Å². The highest BCUT2D eigenvalue weighted by molar-refractivity contribution is 5.77. The second-order valence-electron chi connectivity index (χ2n) is 6.48. The molecule has 1 amide bonds. The minimum Gasteiger partial charge on any atom is -0.392 e. The molecule has 1 aromatic rings. The third-order valence-electron chi connectivity index (χ3n) is 4.45. The van der Waals surface area contributed by atoms with Crippen molar-refractivity contribution in [3.05, 3.63) is 35.4 Å². The highest BCUT2D eigenvalue weighted by atomic mass is 19.1. The zero-order chi connectivity index (χ0) is 16.3. The summed E-state index contributed by atoms with van der Waals surface area (Å²) in [4.78, 5) is 12.2. The van der Waals surface area contributed by atoms with Crippen molar-refractivity contribution in [2.24, 2.45) is 5.92 Å². The zero-order valence-corrected chi connectivity index (χ0v) is 13.0. The van der Waals surface area contributed by atoms with Crippen LogP contribution in [0.1, 0.15) is 51.5 Å². The predicted molar refractivity (Wildman–Crippen MR) is 80.1 cm³/mol. The van der Waals surface area contributed by atoms with Gasteiger partial charge in [0, 0.05) is 11.6 Å². The molecule has 0 aromatic heterocycles. The van der Waals surface area contributed by atoms with Gasteiger partial charge in [-0.2, -0.15) is 0 Å². The topological polar surface area (TPSA) is 49.3 Å². The molecule has 3 nitrogen and oxygen atoms in total. The summed E-state index contributed by atoms with van der Waals surface area (Å²) < 4.78 is 27.3. The van der Waals surface area contributed by atoms with Crippen LogP contribution in [-0.2, 0) is 10.3 Å². The number of rotatable bonds is 5. The van der Waals surface area contributed by atoms with E-state index in [4.69, 9.17) is 0 Å². The van der Waals surface area contributed by atoms with Crippen molar-refractivity contribution in [1.29, 1.82) is 0 Å². The maximum atomic E-state index is 14.1. The molecule has 1 saturated carbocycles. The van der Waals surface area contributed by atoms with Crippen LogP contribution in [0.15, 0.2) is 18.2 Å². The van der Waals surface area contributed by atoms with Gasteiger partial charge in [-0.3, -0.25) is 4.79 Å². The number of halogens is 2. The minimum absolute atomic E-state index is 0.0117. The van der Waals surface area contributed by atoms with Crippen molar-refractivity contribution in [1.82, 2.24) is 5.32 Å². The number of amides is 1. The first kappa shape index (κ1) is 16.9. The molecule has 1 atom stereocenters. The van der Waals surface area contributed by atoms with Crippen LogP contribution in [0.2, 0.25) is 0 Å². The fraction of sp³-hybridized carbons (Fsp3) is 0.588. The molecule has 2 N–H and O–H groups in total. The van der Waals surface area contributed by atoms with Crippen molar-refractivity contribution >= 4 is 5.91 Å². The average Bonchev–Trinajstić information content (AvgIpc) is 2.87. The number of aliphatic hydroxyl groups is 1. The SMILES string of the molecule is CC(C)C(O)CC(=O)NC1(c2ccc(F)cc2F)CCCC1. The monoisotopic (exact) mass is 311 g/mol. The second kappa shape index (κ2) is 6.73. The molecule has 1 aromatic carbocycles. The van der Waals surface area contributed by atoms with E-state index in [0.29, 0.717) is 18.4 Å². The Hall–Kier alpha value is -1.49. The van der Waals surface area contributed by atoms with E-state index in [0.717, 1.165) is 18.9 Å². The molecule has 22 heavy (non-hydrogen) atoms. The molecular weight excluding hydrogens is 288 g/mol. The Kier molecular flexibility index (Phi) is 5.16. The van der Waals surface area contributed by atoms with Crippen molar-refractivity contribution < 1.29 is 18.7 Å². The van der Waals surface area contributed by atoms with Gasteiger partial charge in [0.15, 0.2) is 0 Å². The molecule has 0 saturated heterocycles. The van der Waals surface area contributed by atoms with E-state index >= 15 is 0 Å². The van der Waals surface area contributed by atoms with Gasteiger partial charge in [0.25, 0.3) is 0 Å². The van der Waals surface area contributed by atoms with Gasteiger partial charge in [-0.15, -0.1) is 0 Å². The van der Waals surface area contributed by atoms with Crippen molar-refractivity contribution in [3.63, 3.8) is 0 Å².